The van der Waals surface area contributed by atoms with Crippen LogP contribution in [0.2, 0.25) is 10.0 Å². The highest BCUT2D eigenvalue weighted by Gasteiger charge is 2.10. The molecule has 16 heavy (non-hydrogen) atoms. The van der Waals surface area contributed by atoms with E-state index in [2.05, 4.69) is 15.2 Å². The Morgan fingerprint density at radius 3 is 2.56 bits per heavy atom. The Morgan fingerprint density at radius 1 is 1.19 bits per heavy atom. The predicted octanol–water partition coefficient (Wildman–Crippen LogP) is 1.43. The fraction of sp³-hybridized carbons (Fsp3) is 0. The van der Waals surface area contributed by atoms with Crippen LogP contribution in [0.25, 0.3) is 11.3 Å². The van der Waals surface area contributed by atoms with E-state index >= 15 is 0 Å². The van der Waals surface area contributed by atoms with Crippen LogP contribution in [-0.2, 0) is 0 Å². The van der Waals surface area contributed by atoms with Crippen molar-refractivity contribution in [3.8, 4) is 11.3 Å². The highest BCUT2D eigenvalue weighted by molar-refractivity contribution is 6.36. The van der Waals surface area contributed by atoms with Crippen molar-refractivity contribution in [2.75, 3.05) is 0 Å². The van der Waals surface area contributed by atoms with Gasteiger partial charge in [-0.2, -0.15) is 5.10 Å². The minimum Gasteiger partial charge on any atom is -0.271 e. The number of aromatic nitrogens is 3. The molecular weight excluding hydrogens is 253 g/mol. The van der Waals surface area contributed by atoms with Crippen molar-refractivity contribution < 1.29 is 0 Å². The van der Waals surface area contributed by atoms with Crippen LogP contribution in [0.3, 0.4) is 0 Å². The SMILES string of the molecule is O=c1[nH]nc(-c2ccc(Cl)cc2Cl)c(=O)[nH]1. The average Bonchev–Trinajstić information content (AvgIpc) is 2.19. The molecule has 0 saturated heterocycles. The summed E-state index contributed by atoms with van der Waals surface area (Å²) in [5.41, 5.74) is -0.823. The molecule has 0 aliphatic carbocycles. The third-order valence-electron chi connectivity index (χ3n) is 1.90. The third kappa shape index (κ3) is 2.00. The highest BCUT2D eigenvalue weighted by Crippen LogP contribution is 2.26. The van der Waals surface area contributed by atoms with Gasteiger partial charge in [-0.05, 0) is 18.2 Å². The van der Waals surface area contributed by atoms with Crippen molar-refractivity contribution in [2.45, 2.75) is 0 Å². The summed E-state index contributed by atoms with van der Waals surface area (Å²) in [5, 5.41) is 6.50. The molecule has 0 saturated carbocycles. The number of hydrogen-bond acceptors (Lipinski definition) is 3. The first-order chi connectivity index (χ1) is 7.58. The highest BCUT2D eigenvalue weighted by atomic mass is 35.5. The van der Waals surface area contributed by atoms with Gasteiger partial charge >= 0.3 is 5.69 Å². The van der Waals surface area contributed by atoms with E-state index in [1.807, 2.05) is 0 Å². The van der Waals surface area contributed by atoms with Gasteiger partial charge in [0.15, 0.2) is 5.69 Å². The second-order valence-corrected chi connectivity index (χ2v) is 3.82. The summed E-state index contributed by atoms with van der Waals surface area (Å²) in [4.78, 5) is 24.3. The van der Waals surface area contributed by atoms with Crippen LogP contribution in [0, 0.1) is 0 Å². The Bertz CT molecular complexity index is 648. The summed E-state index contributed by atoms with van der Waals surface area (Å²) in [5.74, 6) is 0. The van der Waals surface area contributed by atoms with Crippen LogP contribution in [0.5, 0.6) is 0 Å². The van der Waals surface area contributed by atoms with E-state index in [0.717, 1.165) is 0 Å². The molecule has 0 aliphatic heterocycles. The third-order valence-corrected chi connectivity index (χ3v) is 2.45. The number of halogens is 2. The zero-order chi connectivity index (χ0) is 11.7. The number of benzene rings is 1. The maximum atomic E-state index is 11.4. The lowest BCUT2D eigenvalue weighted by Crippen LogP contribution is -2.25. The summed E-state index contributed by atoms with van der Waals surface area (Å²) in [6.07, 6.45) is 0. The van der Waals surface area contributed by atoms with Crippen LogP contribution >= 0.6 is 23.2 Å². The molecule has 7 heteroatoms. The van der Waals surface area contributed by atoms with Gasteiger partial charge in [-0.15, -0.1) is 0 Å². The normalized spacial score (nSPS) is 10.4. The molecular formula is C9H5Cl2N3O2. The van der Waals surface area contributed by atoms with Gasteiger partial charge in [-0.25, -0.2) is 9.89 Å². The average molecular weight is 258 g/mol. The van der Waals surface area contributed by atoms with Crippen molar-refractivity contribution in [1.29, 1.82) is 0 Å². The van der Waals surface area contributed by atoms with Crippen molar-refractivity contribution >= 4 is 23.2 Å². The number of rotatable bonds is 1. The molecule has 2 rings (SSSR count). The topological polar surface area (TPSA) is 78.6 Å². The molecule has 0 amide bonds. The van der Waals surface area contributed by atoms with Crippen molar-refractivity contribution in [3.05, 3.63) is 49.1 Å². The molecule has 0 radical (unpaired) electrons. The largest absolute Gasteiger partial charge is 0.342 e. The van der Waals surface area contributed by atoms with Crippen molar-refractivity contribution in [3.63, 3.8) is 0 Å². The number of H-pyrrole nitrogens is 2. The van der Waals surface area contributed by atoms with Gasteiger partial charge in [0.25, 0.3) is 5.56 Å². The molecule has 1 aromatic heterocycles. The van der Waals surface area contributed by atoms with Crippen molar-refractivity contribution in [1.82, 2.24) is 15.2 Å². The molecule has 0 bridgehead atoms. The van der Waals surface area contributed by atoms with Gasteiger partial charge in [0.05, 0.1) is 5.02 Å². The standard InChI is InChI=1S/C9H5Cl2N3O2/c10-4-1-2-5(6(11)3-4)7-8(15)12-9(16)14-13-7/h1-3H,(H2,12,14,15,16). The molecule has 0 unspecified atom stereocenters. The fourth-order valence-corrected chi connectivity index (χ4v) is 1.71. The summed E-state index contributed by atoms with van der Waals surface area (Å²) < 4.78 is 0. The molecule has 0 fully saturated rings. The lowest BCUT2D eigenvalue weighted by molar-refractivity contribution is 0.898. The molecule has 1 heterocycles. The molecule has 2 N–H and O–H groups in total. The lowest BCUT2D eigenvalue weighted by Gasteiger charge is -2.01. The Hall–Kier alpha value is -1.59. The Kier molecular flexibility index (Phi) is 2.80. The maximum Gasteiger partial charge on any atom is 0.342 e. The van der Waals surface area contributed by atoms with Gasteiger partial charge in [0.1, 0.15) is 0 Å². The summed E-state index contributed by atoms with van der Waals surface area (Å²) in [6, 6.07) is 4.63. The predicted molar refractivity (Wildman–Crippen MR) is 60.9 cm³/mol. The van der Waals surface area contributed by atoms with Crippen LogP contribution in [-0.4, -0.2) is 15.2 Å². The summed E-state index contributed by atoms with van der Waals surface area (Å²) >= 11 is 11.6. The Balaban J connectivity index is 2.68. The maximum absolute atomic E-state index is 11.4. The molecule has 0 atom stereocenters. The van der Waals surface area contributed by atoms with E-state index < -0.39 is 11.2 Å². The second-order valence-electron chi connectivity index (χ2n) is 2.98. The Morgan fingerprint density at radius 2 is 1.94 bits per heavy atom. The molecule has 82 valence electrons. The quantitative estimate of drug-likeness (QED) is 0.812. The van der Waals surface area contributed by atoms with E-state index in [1.165, 1.54) is 6.07 Å². The number of hydrogen-bond donors (Lipinski definition) is 2. The molecule has 2 aromatic rings. The second kappa shape index (κ2) is 4.11. The van der Waals surface area contributed by atoms with Gasteiger partial charge in [-0.1, -0.05) is 23.2 Å². The number of nitrogens with zero attached hydrogens (tertiary/aromatic N) is 1. The van der Waals surface area contributed by atoms with E-state index in [-0.39, 0.29) is 10.7 Å². The minimum absolute atomic E-state index is 0.0428. The van der Waals surface area contributed by atoms with Gasteiger partial charge in [-0.3, -0.25) is 9.78 Å². The van der Waals surface area contributed by atoms with Crippen LogP contribution < -0.4 is 11.2 Å². The van der Waals surface area contributed by atoms with E-state index in [1.54, 1.807) is 12.1 Å². The first-order valence-electron chi connectivity index (χ1n) is 4.22. The van der Waals surface area contributed by atoms with E-state index in [9.17, 15) is 9.59 Å². The Labute approximate surface area is 99.0 Å². The van der Waals surface area contributed by atoms with E-state index in [0.29, 0.717) is 10.6 Å². The van der Waals surface area contributed by atoms with Gasteiger partial charge in [0.2, 0.25) is 0 Å². The van der Waals surface area contributed by atoms with Crippen molar-refractivity contribution in [2.24, 2.45) is 0 Å². The van der Waals surface area contributed by atoms with Crippen LogP contribution in [0.1, 0.15) is 0 Å². The smallest absolute Gasteiger partial charge is 0.271 e. The monoisotopic (exact) mass is 257 g/mol. The fourth-order valence-electron chi connectivity index (χ4n) is 1.21. The van der Waals surface area contributed by atoms with E-state index in [4.69, 9.17) is 23.2 Å². The zero-order valence-electron chi connectivity index (χ0n) is 7.75. The minimum atomic E-state index is -0.668. The molecule has 0 aliphatic rings. The summed E-state index contributed by atoms with van der Waals surface area (Å²) in [6.45, 7) is 0. The number of nitrogens with one attached hydrogen (secondary N) is 2. The first kappa shape index (κ1) is 10.9. The first-order valence-corrected chi connectivity index (χ1v) is 4.98. The van der Waals surface area contributed by atoms with Crippen LogP contribution in [0.15, 0.2) is 27.8 Å². The molecule has 5 nitrogen and oxygen atoms in total. The number of aromatic amines is 2. The lowest BCUT2D eigenvalue weighted by atomic mass is 10.2. The summed E-state index contributed by atoms with van der Waals surface area (Å²) in [7, 11) is 0. The van der Waals surface area contributed by atoms with Gasteiger partial charge < -0.3 is 0 Å². The van der Waals surface area contributed by atoms with Crippen LogP contribution in [0.4, 0.5) is 0 Å². The molecule has 0 spiro atoms. The molecule has 1 aromatic carbocycles. The van der Waals surface area contributed by atoms with Gasteiger partial charge in [0, 0.05) is 10.6 Å². The zero-order valence-corrected chi connectivity index (χ0v) is 9.26.